The van der Waals surface area contributed by atoms with E-state index in [9.17, 15) is 20.0 Å². The minimum atomic E-state index is -1.16. The molecular formula is C12H15ClN2O4. The second-order valence-corrected chi connectivity index (χ2v) is 4.84. The second-order valence-electron chi connectivity index (χ2n) is 4.43. The number of benzene rings is 1. The van der Waals surface area contributed by atoms with E-state index >= 15 is 0 Å². The zero-order valence-corrected chi connectivity index (χ0v) is 11.4. The number of nitrogens with one attached hydrogen (secondary N) is 1. The van der Waals surface area contributed by atoms with Gasteiger partial charge in [0.2, 0.25) is 0 Å². The quantitative estimate of drug-likeness (QED) is 0.618. The number of carboxylic acid groups (broad SMARTS) is 1. The van der Waals surface area contributed by atoms with Crippen molar-refractivity contribution in [2.24, 2.45) is 0 Å². The molecule has 0 bridgehead atoms. The highest BCUT2D eigenvalue weighted by Gasteiger charge is 2.32. The number of nitro groups is 1. The second kappa shape index (κ2) is 5.88. The van der Waals surface area contributed by atoms with Gasteiger partial charge in [0.05, 0.1) is 15.6 Å². The van der Waals surface area contributed by atoms with Gasteiger partial charge in [-0.05, 0) is 19.4 Å². The molecule has 1 unspecified atom stereocenters. The fraction of sp³-hybridized carbons (Fsp3) is 0.417. The molecule has 0 radical (unpaired) electrons. The number of hydrogen-bond acceptors (Lipinski definition) is 4. The van der Waals surface area contributed by atoms with Crippen molar-refractivity contribution >= 4 is 28.9 Å². The molecule has 1 aromatic carbocycles. The van der Waals surface area contributed by atoms with Crippen LogP contribution in [0.25, 0.3) is 0 Å². The number of nitrogens with zero attached hydrogens (tertiary/aromatic N) is 1. The van der Waals surface area contributed by atoms with Crippen molar-refractivity contribution in [3.8, 4) is 0 Å². The largest absolute Gasteiger partial charge is 0.480 e. The molecule has 0 saturated heterocycles. The number of hydrogen-bond donors (Lipinski definition) is 2. The molecule has 0 heterocycles. The molecule has 0 aromatic heterocycles. The van der Waals surface area contributed by atoms with Gasteiger partial charge in [0.1, 0.15) is 5.54 Å². The van der Waals surface area contributed by atoms with E-state index < -0.39 is 16.4 Å². The number of carbonyl (C=O) groups is 1. The van der Waals surface area contributed by atoms with Crippen molar-refractivity contribution in [2.45, 2.75) is 32.2 Å². The van der Waals surface area contributed by atoms with Crippen molar-refractivity contribution < 1.29 is 14.8 Å². The van der Waals surface area contributed by atoms with Crippen LogP contribution in [0, 0.1) is 10.1 Å². The number of non-ortho nitro benzene ring substituents is 1. The molecule has 0 aliphatic rings. The number of aliphatic carboxylic acids is 1. The van der Waals surface area contributed by atoms with Gasteiger partial charge in [-0.3, -0.25) is 10.1 Å². The van der Waals surface area contributed by atoms with Crippen LogP contribution in [0.4, 0.5) is 11.4 Å². The van der Waals surface area contributed by atoms with Crippen LogP contribution in [0.2, 0.25) is 5.02 Å². The first-order valence-electron chi connectivity index (χ1n) is 5.75. The standard InChI is InChI=1S/C12H15ClN2O4/c1-3-6-12(2,11(16)17)14-10-5-4-8(15(18)19)7-9(10)13/h4-5,7,14H,3,6H2,1-2H3,(H,16,17). The third-order valence-electron chi connectivity index (χ3n) is 2.80. The maximum atomic E-state index is 11.3. The van der Waals surface area contributed by atoms with Gasteiger partial charge in [-0.1, -0.05) is 24.9 Å². The lowest BCUT2D eigenvalue weighted by Gasteiger charge is -2.27. The molecule has 0 saturated carbocycles. The normalized spacial score (nSPS) is 13.6. The van der Waals surface area contributed by atoms with E-state index in [0.717, 1.165) is 0 Å². The Labute approximate surface area is 115 Å². The van der Waals surface area contributed by atoms with Crippen molar-refractivity contribution in [1.29, 1.82) is 0 Å². The Hall–Kier alpha value is -1.82. The van der Waals surface area contributed by atoms with Gasteiger partial charge in [0.15, 0.2) is 0 Å². The highest BCUT2D eigenvalue weighted by atomic mass is 35.5. The SMILES string of the molecule is CCCC(C)(Nc1ccc([N+](=O)[O-])cc1Cl)C(=O)O. The molecule has 0 spiro atoms. The number of carboxylic acids is 1. The first kappa shape index (κ1) is 15.2. The molecule has 1 aromatic rings. The fourth-order valence-electron chi connectivity index (χ4n) is 1.74. The third-order valence-corrected chi connectivity index (χ3v) is 3.11. The van der Waals surface area contributed by atoms with Gasteiger partial charge in [-0.25, -0.2) is 4.79 Å². The van der Waals surface area contributed by atoms with E-state index in [1.165, 1.54) is 18.2 Å². The highest BCUT2D eigenvalue weighted by molar-refractivity contribution is 6.33. The van der Waals surface area contributed by atoms with Gasteiger partial charge in [-0.15, -0.1) is 0 Å². The first-order chi connectivity index (χ1) is 8.80. The lowest BCUT2D eigenvalue weighted by atomic mass is 9.96. The number of rotatable bonds is 6. The van der Waals surface area contributed by atoms with E-state index in [0.29, 0.717) is 18.5 Å². The lowest BCUT2D eigenvalue weighted by molar-refractivity contribution is -0.384. The van der Waals surface area contributed by atoms with Crippen molar-refractivity contribution in [3.05, 3.63) is 33.3 Å². The molecule has 2 N–H and O–H groups in total. The van der Waals surface area contributed by atoms with Crippen LogP contribution in [-0.4, -0.2) is 21.5 Å². The summed E-state index contributed by atoms with van der Waals surface area (Å²) < 4.78 is 0. The number of nitro benzene ring substituents is 1. The molecule has 19 heavy (non-hydrogen) atoms. The molecule has 0 amide bonds. The van der Waals surface area contributed by atoms with Gasteiger partial charge in [0.25, 0.3) is 5.69 Å². The predicted octanol–water partition coefficient (Wildman–Crippen LogP) is 3.30. The maximum absolute atomic E-state index is 11.3. The fourth-order valence-corrected chi connectivity index (χ4v) is 1.96. The summed E-state index contributed by atoms with van der Waals surface area (Å²) in [4.78, 5) is 21.3. The van der Waals surface area contributed by atoms with Crippen LogP contribution in [-0.2, 0) is 4.79 Å². The van der Waals surface area contributed by atoms with E-state index in [1.807, 2.05) is 6.92 Å². The van der Waals surface area contributed by atoms with Crippen molar-refractivity contribution in [3.63, 3.8) is 0 Å². The smallest absolute Gasteiger partial charge is 0.329 e. The molecule has 6 nitrogen and oxygen atoms in total. The number of anilines is 1. The summed E-state index contributed by atoms with van der Waals surface area (Å²) in [6, 6.07) is 3.89. The summed E-state index contributed by atoms with van der Waals surface area (Å²) in [5, 5.41) is 22.8. The lowest BCUT2D eigenvalue weighted by Crippen LogP contribution is -2.43. The van der Waals surface area contributed by atoms with E-state index in [2.05, 4.69) is 5.32 Å². The Morgan fingerprint density at radius 3 is 2.63 bits per heavy atom. The van der Waals surface area contributed by atoms with Crippen LogP contribution < -0.4 is 5.32 Å². The van der Waals surface area contributed by atoms with Gasteiger partial charge in [-0.2, -0.15) is 0 Å². The highest BCUT2D eigenvalue weighted by Crippen LogP contribution is 2.30. The van der Waals surface area contributed by atoms with Crippen LogP contribution in [0.5, 0.6) is 0 Å². The van der Waals surface area contributed by atoms with Crippen molar-refractivity contribution in [1.82, 2.24) is 0 Å². The minimum Gasteiger partial charge on any atom is -0.480 e. The monoisotopic (exact) mass is 286 g/mol. The van der Waals surface area contributed by atoms with Gasteiger partial charge < -0.3 is 10.4 Å². The third kappa shape index (κ3) is 3.57. The van der Waals surface area contributed by atoms with Crippen LogP contribution in [0.15, 0.2) is 18.2 Å². The molecule has 0 aliphatic heterocycles. The average Bonchev–Trinajstić information content (AvgIpc) is 2.31. The minimum absolute atomic E-state index is 0.123. The van der Waals surface area contributed by atoms with E-state index in [4.69, 9.17) is 11.6 Å². The molecule has 0 fully saturated rings. The Balaban J connectivity index is 3.04. The van der Waals surface area contributed by atoms with Gasteiger partial charge >= 0.3 is 5.97 Å². The zero-order chi connectivity index (χ0) is 14.6. The first-order valence-corrected chi connectivity index (χ1v) is 6.13. The molecule has 1 atom stereocenters. The van der Waals surface area contributed by atoms with Crippen LogP contribution >= 0.6 is 11.6 Å². The summed E-state index contributed by atoms with van der Waals surface area (Å²) in [6.07, 6.45) is 1.09. The molecular weight excluding hydrogens is 272 g/mol. The zero-order valence-electron chi connectivity index (χ0n) is 10.6. The Morgan fingerprint density at radius 2 is 2.21 bits per heavy atom. The average molecular weight is 287 g/mol. The maximum Gasteiger partial charge on any atom is 0.329 e. The summed E-state index contributed by atoms with van der Waals surface area (Å²) in [6.45, 7) is 3.43. The van der Waals surface area contributed by atoms with E-state index in [1.54, 1.807) is 6.92 Å². The van der Waals surface area contributed by atoms with Crippen LogP contribution in [0.3, 0.4) is 0 Å². The summed E-state index contributed by atoms with van der Waals surface area (Å²) in [7, 11) is 0. The molecule has 7 heteroatoms. The molecule has 104 valence electrons. The molecule has 1 rings (SSSR count). The summed E-state index contributed by atoms with van der Waals surface area (Å²) >= 11 is 5.92. The Kier molecular flexibility index (Phi) is 4.72. The predicted molar refractivity (Wildman–Crippen MR) is 72.7 cm³/mol. The summed E-state index contributed by atoms with van der Waals surface area (Å²) in [5.74, 6) is -0.997. The van der Waals surface area contributed by atoms with Crippen molar-refractivity contribution in [2.75, 3.05) is 5.32 Å². The van der Waals surface area contributed by atoms with Gasteiger partial charge in [0, 0.05) is 12.1 Å². The van der Waals surface area contributed by atoms with E-state index in [-0.39, 0.29) is 10.7 Å². The number of halogens is 1. The Morgan fingerprint density at radius 1 is 1.58 bits per heavy atom. The Bertz CT molecular complexity index is 507. The topological polar surface area (TPSA) is 92.5 Å². The summed E-state index contributed by atoms with van der Waals surface area (Å²) in [5.41, 5.74) is -0.928. The van der Waals surface area contributed by atoms with Crippen LogP contribution in [0.1, 0.15) is 26.7 Å². The molecule has 0 aliphatic carbocycles.